The Morgan fingerprint density at radius 1 is 1.33 bits per heavy atom. The van der Waals surface area contributed by atoms with Crippen LogP contribution in [0.4, 0.5) is 0 Å². The lowest BCUT2D eigenvalue weighted by molar-refractivity contribution is 0.0943. The van der Waals surface area contributed by atoms with Gasteiger partial charge in [0.05, 0.1) is 26.4 Å². The molecule has 5 nitrogen and oxygen atoms in total. The minimum atomic E-state index is -0.254. The number of aryl methyl sites for hydroxylation is 2. The molecule has 0 saturated carbocycles. The summed E-state index contributed by atoms with van der Waals surface area (Å²) in [6, 6.07) is 5.02. The van der Waals surface area contributed by atoms with Crippen molar-refractivity contribution in [2.45, 2.75) is 39.3 Å². The highest BCUT2D eigenvalue weighted by molar-refractivity contribution is 7.20. The zero-order valence-electron chi connectivity index (χ0n) is 14.8. The predicted octanol–water partition coefficient (Wildman–Crippen LogP) is 4.51. The Labute approximate surface area is 169 Å². The first-order valence-corrected chi connectivity index (χ1v) is 10.2. The summed E-state index contributed by atoms with van der Waals surface area (Å²) in [7, 11) is 0. The van der Waals surface area contributed by atoms with E-state index in [-0.39, 0.29) is 17.5 Å². The summed E-state index contributed by atoms with van der Waals surface area (Å²) in [5, 5.41) is 4.44. The highest BCUT2D eigenvalue weighted by Gasteiger charge is 2.24. The quantitative estimate of drug-likeness (QED) is 0.676. The summed E-state index contributed by atoms with van der Waals surface area (Å²) >= 11 is 13.3. The number of nitrogens with zero attached hydrogens (tertiary/aromatic N) is 2. The van der Waals surface area contributed by atoms with E-state index in [1.165, 1.54) is 11.3 Å². The third-order valence-corrected chi connectivity index (χ3v) is 6.83. The number of carbonyl (C=O) groups is 1. The lowest BCUT2D eigenvalue weighted by Crippen LogP contribution is -2.26. The van der Waals surface area contributed by atoms with Gasteiger partial charge < -0.3 is 5.32 Å². The fraction of sp³-hybridized carbons (Fsp3) is 0.316. The standard InChI is InChI=1S/C19H17Cl2N3O2S/c1-9-15-18(23-14-4-3-7-24(14)19(15)26)27-16(9)17(25)22-10(2)11-5-6-12(20)13(21)8-11/h5-6,8,10H,3-4,7H2,1-2H3,(H,22,25)/t10-/m0/s1. The molecule has 0 bridgehead atoms. The second-order valence-electron chi connectivity index (χ2n) is 6.69. The molecular formula is C19H17Cl2N3O2S. The predicted molar refractivity (Wildman–Crippen MR) is 109 cm³/mol. The van der Waals surface area contributed by atoms with E-state index in [1.807, 2.05) is 19.9 Å². The number of amides is 1. The monoisotopic (exact) mass is 421 g/mol. The van der Waals surface area contributed by atoms with Crippen molar-refractivity contribution in [3.05, 3.63) is 60.4 Å². The molecular weight excluding hydrogens is 405 g/mol. The Balaban J connectivity index is 1.67. The van der Waals surface area contributed by atoms with Crippen LogP contribution in [-0.4, -0.2) is 15.5 Å². The summed E-state index contributed by atoms with van der Waals surface area (Å²) in [6.45, 7) is 4.38. The van der Waals surface area contributed by atoms with E-state index in [4.69, 9.17) is 23.2 Å². The van der Waals surface area contributed by atoms with Crippen LogP contribution in [0.1, 0.15) is 46.0 Å². The minimum absolute atomic E-state index is 0.0437. The number of halogens is 2. The first-order chi connectivity index (χ1) is 12.9. The van der Waals surface area contributed by atoms with Crippen molar-refractivity contribution in [3.8, 4) is 0 Å². The van der Waals surface area contributed by atoms with Gasteiger partial charge in [-0.1, -0.05) is 29.3 Å². The van der Waals surface area contributed by atoms with Crippen LogP contribution >= 0.6 is 34.5 Å². The van der Waals surface area contributed by atoms with Crippen molar-refractivity contribution in [2.75, 3.05) is 0 Å². The minimum Gasteiger partial charge on any atom is -0.345 e. The van der Waals surface area contributed by atoms with Crippen molar-refractivity contribution in [3.63, 3.8) is 0 Å². The van der Waals surface area contributed by atoms with E-state index in [1.54, 1.807) is 16.7 Å². The van der Waals surface area contributed by atoms with E-state index in [0.29, 0.717) is 37.2 Å². The second-order valence-corrected chi connectivity index (χ2v) is 8.51. The third-order valence-electron chi connectivity index (χ3n) is 4.91. The van der Waals surface area contributed by atoms with Gasteiger partial charge in [0.15, 0.2) is 0 Å². The fourth-order valence-electron chi connectivity index (χ4n) is 3.42. The fourth-order valence-corrected chi connectivity index (χ4v) is 4.82. The Hall–Kier alpha value is -1.89. The third kappa shape index (κ3) is 3.16. The van der Waals surface area contributed by atoms with Gasteiger partial charge in [0.1, 0.15) is 10.7 Å². The summed E-state index contributed by atoms with van der Waals surface area (Å²) < 4.78 is 1.72. The molecule has 1 amide bonds. The number of hydrogen-bond donors (Lipinski definition) is 1. The molecule has 27 heavy (non-hydrogen) atoms. The van der Waals surface area contributed by atoms with Crippen molar-refractivity contribution < 1.29 is 4.79 Å². The van der Waals surface area contributed by atoms with Crippen LogP contribution < -0.4 is 10.9 Å². The summed E-state index contributed by atoms with van der Waals surface area (Å²) in [5.41, 5.74) is 1.50. The Kier molecular flexibility index (Phi) is 4.74. The molecule has 1 aromatic carbocycles. The number of aromatic nitrogens is 2. The number of carbonyl (C=O) groups excluding carboxylic acids is 1. The van der Waals surface area contributed by atoms with Crippen LogP contribution in [-0.2, 0) is 13.0 Å². The van der Waals surface area contributed by atoms with Crippen molar-refractivity contribution in [2.24, 2.45) is 0 Å². The molecule has 140 valence electrons. The molecule has 0 fully saturated rings. The van der Waals surface area contributed by atoms with Crippen molar-refractivity contribution in [1.29, 1.82) is 0 Å². The average Bonchev–Trinajstić information content (AvgIpc) is 3.22. The number of fused-ring (bicyclic) bond motifs is 2. The Morgan fingerprint density at radius 3 is 2.85 bits per heavy atom. The molecule has 0 saturated heterocycles. The largest absolute Gasteiger partial charge is 0.345 e. The number of thiophene rings is 1. The Morgan fingerprint density at radius 2 is 2.11 bits per heavy atom. The maximum absolute atomic E-state index is 12.8. The smallest absolute Gasteiger partial charge is 0.262 e. The Bertz CT molecular complexity index is 1140. The van der Waals surface area contributed by atoms with E-state index >= 15 is 0 Å². The first kappa shape index (κ1) is 18.5. The van der Waals surface area contributed by atoms with Gasteiger partial charge in [0.2, 0.25) is 0 Å². The van der Waals surface area contributed by atoms with Gasteiger partial charge in [-0.2, -0.15) is 0 Å². The second kappa shape index (κ2) is 6.93. The van der Waals surface area contributed by atoms with E-state index < -0.39 is 0 Å². The van der Waals surface area contributed by atoms with Gasteiger partial charge in [-0.15, -0.1) is 11.3 Å². The van der Waals surface area contributed by atoms with E-state index in [9.17, 15) is 9.59 Å². The maximum Gasteiger partial charge on any atom is 0.262 e. The number of rotatable bonds is 3. The molecule has 0 aliphatic carbocycles. The molecule has 1 atom stereocenters. The first-order valence-electron chi connectivity index (χ1n) is 8.65. The average molecular weight is 422 g/mol. The van der Waals surface area contributed by atoms with Crippen LogP contribution in [0, 0.1) is 6.92 Å². The normalized spacial score (nSPS) is 14.4. The van der Waals surface area contributed by atoms with Crippen LogP contribution in [0.5, 0.6) is 0 Å². The zero-order valence-corrected chi connectivity index (χ0v) is 17.1. The van der Waals surface area contributed by atoms with Crippen LogP contribution in [0.25, 0.3) is 10.2 Å². The van der Waals surface area contributed by atoms with E-state index in [0.717, 1.165) is 24.2 Å². The lowest BCUT2D eigenvalue weighted by atomic mass is 10.1. The van der Waals surface area contributed by atoms with Gasteiger partial charge in [-0.3, -0.25) is 14.2 Å². The molecule has 1 aliphatic heterocycles. The highest BCUT2D eigenvalue weighted by Crippen LogP contribution is 2.30. The van der Waals surface area contributed by atoms with Crippen molar-refractivity contribution in [1.82, 2.24) is 14.9 Å². The highest BCUT2D eigenvalue weighted by atomic mass is 35.5. The molecule has 2 aromatic heterocycles. The number of nitrogens with one attached hydrogen (secondary N) is 1. The molecule has 0 unspecified atom stereocenters. The number of benzene rings is 1. The topological polar surface area (TPSA) is 64.0 Å². The molecule has 8 heteroatoms. The molecule has 0 radical (unpaired) electrons. The van der Waals surface area contributed by atoms with Crippen molar-refractivity contribution >= 4 is 50.7 Å². The van der Waals surface area contributed by atoms with Gasteiger partial charge in [-0.25, -0.2) is 4.98 Å². The van der Waals surface area contributed by atoms with Gasteiger partial charge >= 0.3 is 0 Å². The zero-order chi connectivity index (χ0) is 19.3. The summed E-state index contributed by atoms with van der Waals surface area (Å²) in [4.78, 5) is 31.4. The van der Waals surface area contributed by atoms with Gasteiger partial charge in [0.25, 0.3) is 11.5 Å². The van der Waals surface area contributed by atoms with Gasteiger partial charge in [0, 0.05) is 13.0 Å². The van der Waals surface area contributed by atoms with Crippen LogP contribution in [0.2, 0.25) is 10.0 Å². The van der Waals surface area contributed by atoms with E-state index in [2.05, 4.69) is 10.3 Å². The molecule has 3 aromatic rings. The van der Waals surface area contributed by atoms with Crippen LogP contribution in [0.3, 0.4) is 0 Å². The maximum atomic E-state index is 12.8. The summed E-state index contributed by atoms with van der Waals surface area (Å²) in [6.07, 6.45) is 1.74. The molecule has 0 spiro atoms. The number of hydrogen-bond acceptors (Lipinski definition) is 4. The van der Waals surface area contributed by atoms with Crippen LogP contribution in [0.15, 0.2) is 23.0 Å². The molecule has 1 aliphatic rings. The molecule has 4 rings (SSSR count). The SMILES string of the molecule is Cc1c(C(=O)N[C@@H](C)c2ccc(Cl)c(Cl)c2)sc2nc3n(c(=O)c12)CCC3. The molecule has 1 N–H and O–H groups in total. The van der Waals surface area contributed by atoms with Gasteiger partial charge in [-0.05, 0) is 43.5 Å². The molecule has 3 heterocycles. The lowest BCUT2D eigenvalue weighted by Gasteiger charge is -2.14. The summed E-state index contributed by atoms with van der Waals surface area (Å²) in [5.74, 6) is 0.587.